The van der Waals surface area contributed by atoms with Crippen LogP contribution >= 0.6 is 0 Å². The van der Waals surface area contributed by atoms with E-state index in [0.29, 0.717) is 0 Å². The van der Waals surface area contributed by atoms with Gasteiger partial charge in [0.05, 0.1) is 8.07 Å². The average Bonchev–Trinajstić information content (AvgIpc) is 3.08. The molecular weight excluding hydrogens is 304 g/mol. The molecule has 4 rings (SSSR count). The molecule has 0 saturated heterocycles. The third-order valence-corrected chi connectivity index (χ3v) is 6.52. The van der Waals surface area contributed by atoms with Crippen molar-refractivity contribution < 1.29 is 14.6 Å². The fourth-order valence-corrected chi connectivity index (χ4v) is 5.68. The van der Waals surface area contributed by atoms with Crippen LogP contribution in [0.5, 0.6) is 11.5 Å². The van der Waals surface area contributed by atoms with Crippen LogP contribution in [-0.2, 0) is 0 Å². The monoisotopic (exact) mass is 324 g/mol. The van der Waals surface area contributed by atoms with Crippen molar-refractivity contribution in [2.75, 3.05) is 6.79 Å². The summed E-state index contributed by atoms with van der Waals surface area (Å²) >= 11 is 0. The Labute approximate surface area is 137 Å². The molecule has 118 valence electrons. The predicted molar refractivity (Wildman–Crippen MR) is 94.1 cm³/mol. The number of benzene rings is 2. The highest BCUT2D eigenvalue weighted by molar-refractivity contribution is 6.95. The molecular formula is C19H20O3Si. The molecule has 0 spiro atoms. The van der Waals surface area contributed by atoms with E-state index in [1.54, 1.807) is 0 Å². The van der Waals surface area contributed by atoms with Crippen LogP contribution in [0.2, 0.25) is 19.6 Å². The molecule has 1 aliphatic heterocycles. The van der Waals surface area contributed by atoms with Gasteiger partial charge in [0.2, 0.25) is 6.79 Å². The Kier molecular flexibility index (Phi) is 3.15. The number of aliphatic hydroxyl groups is 1. The molecule has 23 heavy (non-hydrogen) atoms. The van der Waals surface area contributed by atoms with Crippen LogP contribution in [0.3, 0.4) is 0 Å². The van der Waals surface area contributed by atoms with Crippen molar-refractivity contribution in [1.29, 1.82) is 0 Å². The second kappa shape index (κ2) is 4.98. The normalized spacial score (nSPS) is 19.2. The standard InChI is InChI=1S/C19H20O3Si/c1-23(2,3)19-14-10-16-15(21-11-22-16)9-13(14)18(20)17(19)12-7-5-4-6-8-12/h4-10,18,20H,11H2,1-3H3. The zero-order valence-electron chi connectivity index (χ0n) is 13.6. The van der Waals surface area contributed by atoms with Crippen molar-refractivity contribution in [2.45, 2.75) is 25.7 Å². The maximum absolute atomic E-state index is 11.0. The molecule has 3 nitrogen and oxygen atoms in total. The van der Waals surface area contributed by atoms with Gasteiger partial charge >= 0.3 is 0 Å². The summed E-state index contributed by atoms with van der Waals surface area (Å²) in [5.74, 6) is 1.51. The molecule has 1 heterocycles. The number of hydrogen-bond donors (Lipinski definition) is 1. The smallest absolute Gasteiger partial charge is 0.231 e. The van der Waals surface area contributed by atoms with Crippen LogP contribution in [0.15, 0.2) is 42.5 Å². The van der Waals surface area contributed by atoms with Crippen molar-refractivity contribution in [2.24, 2.45) is 0 Å². The lowest BCUT2D eigenvalue weighted by molar-refractivity contribution is 0.173. The van der Waals surface area contributed by atoms with Crippen molar-refractivity contribution in [3.63, 3.8) is 0 Å². The molecule has 4 heteroatoms. The molecule has 1 atom stereocenters. The number of fused-ring (bicyclic) bond motifs is 2. The third-order valence-electron chi connectivity index (χ3n) is 4.49. The summed E-state index contributed by atoms with van der Waals surface area (Å²) in [4.78, 5) is 0. The molecule has 0 bridgehead atoms. The van der Waals surface area contributed by atoms with E-state index in [2.05, 4.69) is 31.8 Å². The summed E-state index contributed by atoms with van der Waals surface area (Å²) in [6.07, 6.45) is -0.608. The fraction of sp³-hybridized carbons (Fsp3) is 0.263. The quantitative estimate of drug-likeness (QED) is 0.839. The molecule has 1 N–H and O–H groups in total. The molecule has 2 aromatic rings. The molecule has 1 aliphatic carbocycles. The van der Waals surface area contributed by atoms with E-state index in [1.165, 1.54) is 5.20 Å². The first-order valence-corrected chi connectivity index (χ1v) is 11.4. The Morgan fingerprint density at radius 1 is 1.00 bits per heavy atom. The lowest BCUT2D eigenvalue weighted by Gasteiger charge is -2.22. The molecule has 2 aliphatic rings. The maximum atomic E-state index is 11.0. The first-order chi connectivity index (χ1) is 11.0. The number of aliphatic hydroxyl groups excluding tert-OH is 1. The van der Waals surface area contributed by atoms with Gasteiger partial charge in [-0.1, -0.05) is 50.0 Å². The van der Waals surface area contributed by atoms with Crippen molar-refractivity contribution in [3.05, 3.63) is 59.2 Å². The van der Waals surface area contributed by atoms with Gasteiger partial charge in [-0.3, -0.25) is 0 Å². The van der Waals surface area contributed by atoms with E-state index in [1.807, 2.05) is 30.3 Å². The Balaban J connectivity index is 1.98. The summed E-state index contributed by atoms with van der Waals surface area (Å²) in [5.41, 5.74) is 4.20. The van der Waals surface area contributed by atoms with E-state index in [9.17, 15) is 5.11 Å². The van der Waals surface area contributed by atoms with Gasteiger partial charge in [-0.15, -0.1) is 0 Å². The summed E-state index contributed by atoms with van der Waals surface area (Å²) in [5, 5.41) is 12.3. The summed E-state index contributed by atoms with van der Waals surface area (Å²) in [7, 11) is -1.67. The third kappa shape index (κ3) is 2.21. The molecule has 0 aromatic heterocycles. The predicted octanol–water partition coefficient (Wildman–Crippen LogP) is 4.25. The Morgan fingerprint density at radius 3 is 2.30 bits per heavy atom. The second-order valence-corrected chi connectivity index (χ2v) is 12.1. The Bertz CT molecular complexity index is 803. The highest BCUT2D eigenvalue weighted by Gasteiger charge is 2.38. The van der Waals surface area contributed by atoms with Gasteiger partial charge in [0, 0.05) is 0 Å². The highest BCUT2D eigenvalue weighted by atomic mass is 28.3. The van der Waals surface area contributed by atoms with Gasteiger partial charge in [-0.05, 0) is 39.6 Å². The summed E-state index contributed by atoms with van der Waals surface area (Å²) in [6.45, 7) is 7.21. The topological polar surface area (TPSA) is 38.7 Å². The van der Waals surface area contributed by atoms with E-state index in [-0.39, 0.29) is 6.79 Å². The Hall–Kier alpha value is -2.04. The van der Waals surface area contributed by atoms with Crippen molar-refractivity contribution in [3.8, 4) is 11.5 Å². The number of ether oxygens (including phenoxy) is 2. The van der Waals surface area contributed by atoms with Crippen LogP contribution in [0.4, 0.5) is 0 Å². The minimum atomic E-state index is -1.67. The van der Waals surface area contributed by atoms with Crippen LogP contribution in [0, 0.1) is 0 Å². The number of rotatable bonds is 2. The van der Waals surface area contributed by atoms with Crippen molar-refractivity contribution in [1.82, 2.24) is 0 Å². The van der Waals surface area contributed by atoms with E-state index in [0.717, 1.165) is 33.8 Å². The fourth-order valence-electron chi connectivity index (χ4n) is 3.57. The van der Waals surface area contributed by atoms with E-state index >= 15 is 0 Å². The van der Waals surface area contributed by atoms with E-state index in [4.69, 9.17) is 9.47 Å². The summed E-state index contributed by atoms with van der Waals surface area (Å²) < 4.78 is 11.0. The minimum absolute atomic E-state index is 0.256. The molecule has 0 saturated carbocycles. The molecule has 0 radical (unpaired) electrons. The van der Waals surface area contributed by atoms with Gasteiger partial charge in [0.1, 0.15) is 6.10 Å². The molecule has 0 amide bonds. The Morgan fingerprint density at radius 2 is 1.65 bits per heavy atom. The molecule has 2 aromatic carbocycles. The zero-order chi connectivity index (χ0) is 16.2. The van der Waals surface area contributed by atoms with Crippen LogP contribution < -0.4 is 9.47 Å². The van der Waals surface area contributed by atoms with Crippen LogP contribution in [0.25, 0.3) is 10.8 Å². The first kappa shape index (κ1) is 14.5. The number of hydrogen-bond acceptors (Lipinski definition) is 3. The van der Waals surface area contributed by atoms with Gasteiger partial charge in [0.25, 0.3) is 0 Å². The van der Waals surface area contributed by atoms with Gasteiger partial charge in [-0.2, -0.15) is 0 Å². The first-order valence-electron chi connectivity index (χ1n) is 7.89. The highest BCUT2D eigenvalue weighted by Crippen LogP contribution is 2.52. The molecule has 0 fully saturated rings. The lowest BCUT2D eigenvalue weighted by atomic mass is 10.0. The van der Waals surface area contributed by atoms with Crippen LogP contribution in [-0.4, -0.2) is 20.0 Å². The zero-order valence-corrected chi connectivity index (χ0v) is 14.6. The minimum Gasteiger partial charge on any atom is -0.454 e. The SMILES string of the molecule is C[Si](C)(C)C1=C(c2ccccc2)C(O)c2cc3c(cc21)OCO3. The second-order valence-electron chi connectivity index (χ2n) is 7.10. The summed E-state index contributed by atoms with van der Waals surface area (Å²) in [6, 6.07) is 14.2. The lowest BCUT2D eigenvalue weighted by Crippen LogP contribution is -2.23. The largest absolute Gasteiger partial charge is 0.454 e. The van der Waals surface area contributed by atoms with Gasteiger partial charge < -0.3 is 14.6 Å². The van der Waals surface area contributed by atoms with Gasteiger partial charge in [0.15, 0.2) is 11.5 Å². The van der Waals surface area contributed by atoms with Crippen molar-refractivity contribution >= 4 is 18.8 Å². The molecule has 1 unspecified atom stereocenters. The van der Waals surface area contributed by atoms with Gasteiger partial charge in [-0.25, -0.2) is 0 Å². The maximum Gasteiger partial charge on any atom is 0.231 e. The van der Waals surface area contributed by atoms with E-state index < -0.39 is 14.2 Å². The van der Waals surface area contributed by atoms with Crippen LogP contribution in [0.1, 0.15) is 22.8 Å². The average molecular weight is 324 g/mol.